The van der Waals surface area contributed by atoms with Gasteiger partial charge >= 0.3 is 0 Å². The second kappa shape index (κ2) is 4.13. The molecule has 0 spiro atoms. The van der Waals surface area contributed by atoms with Gasteiger partial charge in [0.2, 0.25) is 0 Å². The molecule has 0 aromatic carbocycles. The van der Waals surface area contributed by atoms with Gasteiger partial charge < -0.3 is 14.2 Å². The minimum atomic E-state index is -0.105. The highest BCUT2D eigenvalue weighted by atomic mass is 16.6. The zero-order valence-electron chi connectivity index (χ0n) is 10.5. The van der Waals surface area contributed by atoms with Crippen molar-refractivity contribution in [1.29, 1.82) is 0 Å². The van der Waals surface area contributed by atoms with E-state index in [9.17, 15) is 0 Å². The number of hydrogen-bond donors (Lipinski definition) is 0. The van der Waals surface area contributed by atoms with Crippen molar-refractivity contribution in [3.05, 3.63) is 12.2 Å². The van der Waals surface area contributed by atoms with E-state index in [1.807, 2.05) is 6.92 Å². The topological polar surface area (TPSA) is 34.3 Å². The SMILES string of the molecule is C=C(C)C1(CCCOCC2CO2)OC1(C)C. The number of epoxide rings is 2. The van der Waals surface area contributed by atoms with Crippen LogP contribution in [0.1, 0.15) is 33.6 Å². The van der Waals surface area contributed by atoms with E-state index in [1.165, 1.54) is 0 Å². The van der Waals surface area contributed by atoms with Crippen LogP contribution in [0, 0.1) is 0 Å². The fraction of sp³-hybridized carbons (Fsp3) is 0.846. The Labute approximate surface area is 97.8 Å². The Morgan fingerprint density at radius 1 is 1.50 bits per heavy atom. The third-order valence-electron chi connectivity index (χ3n) is 3.57. The predicted molar refractivity (Wildman–Crippen MR) is 62.5 cm³/mol. The highest BCUT2D eigenvalue weighted by Crippen LogP contribution is 2.54. The van der Waals surface area contributed by atoms with Crippen LogP contribution in [0.2, 0.25) is 0 Å². The van der Waals surface area contributed by atoms with Crippen molar-refractivity contribution in [2.45, 2.75) is 50.9 Å². The van der Waals surface area contributed by atoms with Gasteiger partial charge in [0.15, 0.2) is 0 Å². The van der Waals surface area contributed by atoms with Crippen molar-refractivity contribution < 1.29 is 14.2 Å². The minimum absolute atomic E-state index is 0.0432. The normalized spacial score (nSPS) is 34.8. The Balaban J connectivity index is 1.65. The molecule has 0 aromatic rings. The maximum atomic E-state index is 5.81. The molecule has 3 nitrogen and oxygen atoms in total. The molecule has 2 atom stereocenters. The van der Waals surface area contributed by atoms with Crippen LogP contribution in [0.25, 0.3) is 0 Å². The maximum Gasteiger partial charge on any atom is 0.118 e. The van der Waals surface area contributed by atoms with E-state index < -0.39 is 0 Å². The fourth-order valence-corrected chi connectivity index (χ4v) is 2.38. The lowest BCUT2D eigenvalue weighted by Gasteiger charge is -2.14. The first kappa shape index (κ1) is 12.1. The van der Waals surface area contributed by atoms with Crippen molar-refractivity contribution >= 4 is 0 Å². The summed E-state index contributed by atoms with van der Waals surface area (Å²) in [7, 11) is 0. The standard InChI is InChI=1S/C13H22O3/c1-10(2)13(12(3,4)16-13)6-5-7-14-8-11-9-15-11/h11H,1,5-9H2,2-4H3. The van der Waals surface area contributed by atoms with Gasteiger partial charge in [0.05, 0.1) is 18.8 Å². The largest absolute Gasteiger partial charge is 0.379 e. The smallest absolute Gasteiger partial charge is 0.118 e. The first-order valence-corrected chi connectivity index (χ1v) is 6.03. The van der Waals surface area contributed by atoms with Crippen LogP contribution < -0.4 is 0 Å². The second-order valence-electron chi connectivity index (χ2n) is 5.35. The first-order valence-electron chi connectivity index (χ1n) is 6.03. The van der Waals surface area contributed by atoms with Gasteiger partial charge in [-0.1, -0.05) is 6.58 Å². The molecule has 2 fully saturated rings. The van der Waals surface area contributed by atoms with Gasteiger partial charge in [-0.2, -0.15) is 0 Å². The third kappa shape index (κ3) is 2.31. The molecule has 0 amide bonds. The summed E-state index contributed by atoms with van der Waals surface area (Å²) in [4.78, 5) is 0. The minimum Gasteiger partial charge on any atom is -0.379 e. The Kier molecular flexibility index (Phi) is 3.12. The number of ether oxygens (including phenoxy) is 3. The van der Waals surface area contributed by atoms with Crippen molar-refractivity contribution in [2.24, 2.45) is 0 Å². The number of hydrogen-bond acceptors (Lipinski definition) is 3. The van der Waals surface area contributed by atoms with E-state index >= 15 is 0 Å². The summed E-state index contributed by atoms with van der Waals surface area (Å²) in [6.07, 6.45) is 2.38. The summed E-state index contributed by atoms with van der Waals surface area (Å²) in [6, 6.07) is 0. The van der Waals surface area contributed by atoms with Gasteiger partial charge in [-0.05, 0) is 39.2 Å². The average molecular weight is 226 g/mol. The molecule has 2 aliphatic rings. The van der Waals surface area contributed by atoms with Gasteiger partial charge in [-0.25, -0.2) is 0 Å². The van der Waals surface area contributed by atoms with Gasteiger partial charge in [0.25, 0.3) is 0 Å². The van der Waals surface area contributed by atoms with Gasteiger partial charge in [-0.3, -0.25) is 0 Å². The molecule has 0 aromatic heterocycles. The Hall–Kier alpha value is -0.380. The van der Waals surface area contributed by atoms with Gasteiger partial charge in [0.1, 0.15) is 11.7 Å². The molecule has 0 saturated carbocycles. The molecule has 16 heavy (non-hydrogen) atoms. The molecule has 2 heterocycles. The Bertz CT molecular complexity index is 281. The second-order valence-corrected chi connectivity index (χ2v) is 5.35. The summed E-state index contributed by atoms with van der Waals surface area (Å²) in [5, 5.41) is 0. The zero-order chi connectivity index (χ0) is 11.8. The van der Waals surface area contributed by atoms with E-state index in [4.69, 9.17) is 14.2 Å². The van der Waals surface area contributed by atoms with Gasteiger partial charge in [-0.15, -0.1) is 0 Å². The summed E-state index contributed by atoms with van der Waals surface area (Å²) in [5.41, 5.74) is 0.980. The van der Waals surface area contributed by atoms with Crippen LogP contribution in [-0.2, 0) is 14.2 Å². The highest BCUT2D eigenvalue weighted by Gasteiger charge is 2.63. The van der Waals surface area contributed by atoms with E-state index in [0.717, 1.165) is 38.2 Å². The zero-order valence-corrected chi connectivity index (χ0v) is 10.5. The van der Waals surface area contributed by atoms with Crippen LogP contribution >= 0.6 is 0 Å². The Morgan fingerprint density at radius 2 is 2.12 bits per heavy atom. The quantitative estimate of drug-likeness (QED) is 0.379. The summed E-state index contributed by atoms with van der Waals surface area (Å²) >= 11 is 0. The first-order chi connectivity index (χ1) is 7.48. The predicted octanol–water partition coefficient (Wildman–Crippen LogP) is 2.31. The highest BCUT2D eigenvalue weighted by molar-refractivity contribution is 5.28. The molecular weight excluding hydrogens is 204 g/mol. The third-order valence-corrected chi connectivity index (χ3v) is 3.57. The van der Waals surface area contributed by atoms with E-state index in [0.29, 0.717) is 6.10 Å². The summed E-state index contributed by atoms with van der Waals surface area (Å²) in [6.45, 7) is 12.7. The number of rotatable bonds is 7. The molecule has 2 rings (SSSR count). The van der Waals surface area contributed by atoms with Crippen molar-refractivity contribution in [3.63, 3.8) is 0 Å². The fourth-order valence-electron chi connectivity index (χ4n) is 2.38. The van der Waals surface area contributed by atoms with Crippen LogP contribution in [0.4, 0.5) is 0 Å². The molecule has 0 aliphatic carbocycles. The van der Waals surface area contributed by atoms with Gasteiger partial charge in [0, 0.05) is 6.61 Å². The Morgan fingerprint density at radius 3 is 2.56 bits per heavy atom. The summed E-state index contributed by atoms with van der Waals surface area (Å²) < 4.78 is 16.4. The molecule has 0 radical (unpaired) electrons. The van der Waals surface area contributed by atoms with Crippen molar-refractivity contribution in [3.8, 4) is 0 Å². The molecule has 3 heteroatoms. The van der Waals surface area contributed by atoms with Crippen LogP contribution in [0.3, 0.4) is 0 Å². The van der Waals surface area contributed by atoms with Crippen molar-refractivity contribution in [2.75, 3.05) is 19.8 Å². The lowest BCUT2D eigenvalue weighted by molar-refractivity contribution is 0.109. The monoisotopic (exact) mass is 226 g/mol. The average Bonchev–Trinajstić information content (AvgIpc) is 3.05. The molecule has 2 unspecified atom stereocenters. The van der Waals surface area contributed by atoms with E-state index in [2.05, 4.69) is 20.4 Å². The van der Waals surface area contributed by atoms with E-state index in [1.54, 1.807) is 0 Å². The van der Waals surface area contributed by atoms with Crippen LogP contribution in [0.15, 0.2) is 12.2 Å². The molecule has 0 bridgehead atoms. The maximum absolute atomic E-state index is 5.81. The molecule has 2 aliphatic heterocycles. The molecule has 0 N–H and O–H groups in total. The lowest BCUT2D eigenvalue weighted by Crippen LogP contribution is -2.22. The van der Waals surface area contributed by atoms with Crippen LogP contribution in [0.5, 0.6) is 0 Å². The lowest BCUT2D eigenvalue weighted by atomic mass is 9.86. The molecular formula is C13H22O3. The van der Waals surface area contributed by atoms with E-state index in [-0.39, 0.29) is 11.2 Å². The van der Waals surface area contributed by atoms with Crippen LogP contribution in [-0.4, -0.2) is 37.1 Å². The van der Waals surface area contributed by atoms with Crippen molar-refractivity contribution in [1.82, 2.24) is 0 Å². The summed E-state index contributed by atoms with van der Waals surface area (Å²) in [5.74, 6) is 0. The molecule has 2 saturated heterocycles. The molecule has 92 valence electrons.